The number of carbonyl (C=O) groups excluding carboxylic acids is 2. The first-order chi connectivity index (χ1) is 8.51. The van der Waals surface area contributed by atoms with Gasteiger partial charge >= 0.3 is 5.97 Å². The molecule has 0 spiro atoms. The van der Waals surface area contributed by atoms with Crippen LogP contribution in [0.1, 0.15) is 26.7 Å². The van der Waals surface area contributed by atoms with E-state index in [2.05, 4.69) is 15.4 Å². The van der Waals surface area contributed by atoms with Gasteiger partial charge in [-0.1, -0.05) is 13.3 Å². The van der Waals surface area contributed by atoms with Gasteiger partial charge in [0.05, 0.1) is 7.11 Å². The van der Waals surface area contributed by atoms with E-state index in [0.717, 1.165) is 6.42 Å². The van der Waals surface area contributed by atoms with Crippen LogP contribution in [-0.4, -0.2) is 39.3 Å². The van der Waals surface area contributed by atoms with Crippen LogP contribution in [-0.2, 0) is 20.9 Å². The quantitative estimate of drug-likeness (QED) is 0.729. The normalized spacial score (nSPS) is 13.7. The van der Waals surface area contributed by atoms with Crippen LogP contribution in [0.2, 0.25) is 0 Å². The third kappa shape index (κ3) is 3.54. The lowest BCUT2D eigenvalue weighted by Gasteiger charge is -2.27. The number of ether oxygens (including phenoxy) is 1. The molecular formula is C11H18N4O3. The van der Waals surface area contributed by atoms with E-state index in [1.807, 2.05) is 6.92 Å². The fourth-order valence-electron chi connectivity index (χ4n) is 1.75. The predicted molar refractivity (Wildman–Crippen MR) is 63.5 cm³/mol. The Morgan fingerprint density at radius 1 is 1.50 bits per heavy atom. The Balaban J connectivity index is 2.66. The average molecular weight is 254 g/mol. The van der Waals surface area contributed by atoms with Gasteiger partial charge in [-0.05, 0) is 13.3 Å². The molecule has 1 N–H and O–H groups in total. The molecule has 18 heavy (non-hydrogen) atoms. The Bertz CT molecular complexity index is 404. The Kier molecular flexibility index (Phi) is 4.82. The van der Waals surface area contributed by atoms with Crippen LogP contribution in [0.4, 0.5) is 0 Å². The lowest BCUT2D eigenvalue weighted by Crippen LogP contribution is -2.53. The first-order valence-corrected chi connectivity index (χ1v) is 5.73. The van der Waals surface area contributed by atoms with E-state index >= 15 is 0 Å². The molecule has 0 saturated carbocycles. The minimum Gasteiger partial charge on any atom is -0.467 e. The number of nitrogens with zero attached hydrogens (tertiary/aromatic N) is 3. The van der Waals surface area contributed by atoms with Crippen molar-refractivity contribution in [2.75, 3.05) is 7.11 Å². The molecule has 7 heteroatoms. The first-order valence-electron chi connectivity index (χ1n) is 5.73. The van der Waals surface area contributed by atoms with E-state index < -0.39 is 11.5 Å². The number of hydrogen-bond donors (Lipinski definition) is 1. The number of methoxy groups -OCH3 is 1. The molecule has 0 aromatic carbocycles. The fraction of sp³-hybridized carbons (Fsp3) is 0.636. The Labute approximate surface area is 106 Å². The van der Waals surface area contributed by atoms with Crippen molar-refractivity contribution >= 4 is 11.9 Å². The molecule has 0 saturated heterocycles. The molecule has 0 aliphatic carbocycles. The molecule has 0 fully saturated rings. The molecule has 1 atom stereocenters. The van der Waals surface area contributed by atoms with Crippen molar-refractivity contribution in [3.05, 3.63) is 12.7 Å². The number of carbonyl (C=O) groups is 2. The summed E-state index contributed by atoms with van der Waals surface area (Å²) < 4.78 is 6.10. The van der Waals surface area contributed by atoms with Gasteiger partial charge in [0, 0.05) is 0 Å². The van der Waals surface area contributed by atoms with Crippen LogP contribution in [0.25, 0.3) is 0 Å². The second kappa shape index (κ2) is 6.13. The molecule has 100 valence electrons. The minimum atomic E-state index is -0.999. The van der Waals surface area contributed by atoms with Gasteiger partial charge < -0.3 is 10.1 Å². The van der Waals surface area contributed by atoms with Crippen molar-refractivity contribution in [1.82, 2.24) is 20.1 Å². The van der Waals surface area contributed by atoms with E-state index in [9.17, 15) is 9.59 Å². The van der Waals surface area contributed by atoms with E-state index in [1.54, 1.807) is 6.92 Å². The molecule has 0 radical (unpaired) electrons. The van der Waals surface area contributed by atoms with E-state index in [-0.39, 0.29) is 12.5 Å². The molecule has 0 bridgehead atoms. The van der Waals surface area contributed by atoms with Gasteiger partial charge in [-0.25, -0.2) is 14.5 Å². The SMILES string of the molecule is CCCC(C)(NC(=O)Cn1cncn1)C(=O)OC. The Morgan fingerprint density at radius 2 is 2.22 bits per heavy atom. The molecule has 1 heterocycles. The standard InChI is InChI=1S/C11H18N4O3/c1-4-5-11(2,10(17)18-3)14-9(16)6-15-8-12-7-13-15/h7-8H,4-6H2,1-3H3,(H,14,16). The smallest absolute Gasteiger partial charge is 0.331 e. The summed E-state index contributed by atoms with van der Waals surface area (Å²) in [7, 11) is 1.31. The maximum absolute atomic E-state index is 11.8. The summed E-state index contributed by atoms with van der Waals surface area (Å²) in [6.07, 6.45) is 4.06. The van der Waals surface area contributed by atoms with Crippen LogP contribution in [0, 0.1) is 0 Å². The highest BCUT2D eigenvalue weighted by Crippen LogP contribution is 2.14. The van der Waals surface area contributed by atoms with E-state index in [1.165, 1.54) is 24.4 Å². The maximum atomic E-state index is 11.8. The van der Waals surface area contributed by atoms with Crippen LogP contribution < -0.4 is 5.32 Å². The van der Waals surface area contributed by atoms with Crippen molar-refractivity contribution in [2.45, 2.75) is 38.8 Å². The van der Waals surface area contributed by atoms with E-state index in [0.29, 0.717) is 6.42 Å². The molecule has 1 amide bonds. The first kappa shape index (κ1) is 14.1. The minimum absolute atomic E-state index is 0.0241. The van der Waals surface area contributed by atoms with Gasteiger partial charge in [0.25, 0.3) is 0 Å². The van der Waals surface area contributed by atoms with Crippen molar-refractivity contribution in [3.63, 3.8) is 0 Å². The predicted octanol–water partition coefficient (Wildman–Crippen LogP) is 0.126. The molecular weight excluding hydrogens is 236 g/mol. The Hall–Kier alpha value is -1.92. The summed E-state index contributed by atoms with van der Waals surface area (Å²) in [6.45, 7) is 3.61. The van der Waals surface area contributed by atoms with Crippen LogP contribution in [0.5, 0.6) is 0 Å². The average Bonchev–Trinajstić information content (AvgIpc) is 2.80. The zero-order chi connectivity index (χ0) is 13.6. The van der Waals surface area contributed by atoms with Gasteiger partial charge in [-0.3, -0.25) is 4.79 Å². The second-order valence-corrected chi connectivity index (χ2v) is 4.21. The molecule has 0 aliphatic heterocycles. The van der Waals surface area contributed by atoms with Crippen LogP contribution in [0.15, 0.2) is 12.7 Å². The van der Waals surface area contributed by atoms with Crippen LogP contribution >= 0.6 is 0 Å². The highest BCUT2D eigenvalue weighted by Gasteiger charge is 2.35. The lowest BCUT2D eigenvalue weighted by atomic mass is 9.96. The van der Waals surface area contributed by atoms with Gasteiger partial charge in [0.2, 0.25) is 5.91 Å². The molecule has 1 rings (SSSR count). The molecule has 7 nitrogen and oxygen atoms in total. The molecule has 1 aromatic rings. The van der Waals surface area contributed by atoms with Gasteiger partial charge in [-0.2, -0.15) is 5.10 Å². The number of hydrogen-bond acceptors (Lipinski definition) is 5. The van der Waals surface area contributed by atoms with Gasteiger partial charge in [-0.15, -0.1) is 0 Å². The van der Waals surface area contributed by atoms with Crippen molar-refractivity contribution in [1.29, 1.82) is 0 Å². The third-order valence-corrected chi connectivity index (χ3v) is 2.57. The third-order valence-electron chi connectivity index (χ3n) is 2.57. The molecule has 0 aliphatic rings. The second-order valence-electron chi connectivity index (χ2n) is 4.21. The summed E-state index contributed by atoms with van der Waals surface area (Å²) >= 11 is 0. The fourth-order valence-corrected chi connectivity index (χ4v) is 1.75. The van der Waals surface area contributed by atoms with Crippen molar-refractivity contribution < 1.29 is 14.3 Å². The summed E-state index contributed by atoms with van der Waals surface area (Å²) in [5, 5.41) is 6.51. The summed E-state index contributed by atoms with van der Waals surface area (Å²) in [5.41, 5.74) is -0.999. The summed E-state index contributed by atoms with van der Waals surface area (Å²) in [6, 6.07) is 0. The van der Waals surface area contributed by atoms with Gasteiger partial charge in [0.1, 0.15) is 24.7 Å². The molecule has 1 unspecified atom stereocenters. The number of esters is 1. The summed E-state index contributed by atoms with van der Waals surface area (Å²) in [5.74, 6) is -0.752. The zero-order valence-corrected chi connectivity index (χ0v) is 10.8. The lowest BCUT2D eigenvalue weighted by molar-refractivity contribution is -0.150. The maximum Gasteiger partial charge on any atom is 0.331 e. The highest BCUT2D eigenvalue weighted by molar-refractivity contribution is 5.87. The zero-order valence-electron chi connectivity index (χ0n) is 10.8. The van der Waals surface area contributed by atoms with Gasteiger partial charge in [0.15, 0.2) is 0 Å². The van der Waals surface area contributed by atoms with Crippen molar-refractivity contribution in [3.8, 4) is 0 Å². The summed E-state index contributed by atoms with van der Waals surface area (Å²) in [4.78, 5) is 27.2. The highest BCUT2D eigenvalue weighted by atomic mass is 16.5. The van der Waals surface area contributed by atoms with Crippen LogP contribution in [0.3, 0.4) is 0 Å². The van der Waals surface area contributed by atoms with Crippen molar-refractivity contribution in [2.24, 2.45) is 0 Å². The number of rotatable bonds is 6. The number of nitrogens with one attached hydrogen (secondary N) is 1. The topological polar surface area (TPSA) is 86.1 Å². The monoisotopic (exact) mass is 254 g/mol. The number of aromatic nitrogens is 3. The van der Waals surface area contributed by atoms with E-state index in [4.69, 9.17) is 4.74 Å². The largest absolute Gasteiger partial charge is 0.467 e. The Morgan fingerprint density at radius 3 is 2.72 bits per heavy atom. The number of amides is 1. The molecule has 1 aromatic heterocycles.